The maximum atomic E-state index is 5.95. The molecule has 0 aliphatic heterocycles. The normalized spacial score (nSPS) is 10.9. The molecule has 1 aromatic carbocycles. The Bertz CT molecular complexity index is 369. The summed E-state index contributed by atoms with van der Waals surface area (Å²) in [5.41, 5.74) is 5.29. The lowest BCUT2D eigenvalue weighted by Crippen LogP contribution is -1.97. The summed E-state index contributed by atoms with van der Waals surface area (Å²) < 4.78 is 6.14. The molecule has 0 fully saturated rings. The lowest BCUT2D eigenvalue weighted by atomic mass is 10.3. The van der Waals surface area contributed by atoms with Crippen LogP contribution in [0.5, 0.6) is 5.75 Å². The Morgan fingerprint density at radius 2 is 2.00 bits per heavy atom. The second kappa shape index (κ2) is 6.38. The minimum Gasteiger partial charge on any atom is -0.488 e. The molecule has 0 radical (unpaired) electrons. The van der Waals surface area contributed by atoms with E-state index in [1.165, 1.54) is 0 Å². The zero-order valence-corrected chi connectivity index (χ0v) is 10.9. The molecule has 82 valence electrons. The molecular weight excluding hydrogens is 301 g/mol. The summed E-state index contributed by atoms with van der Waals surface area (Å²) in [5.74, 6) is 0.562. The van der Waals surface area contributed by atoms with Crippen LogP contribution < -0.4 is 10.5 Å². The minimum absolute atomic E-state index is 0.425. The van der Waals surface area contributed by atoms with Gasteiger partial charge in [0.05, 0.1) is 10.0 Å². The fourth-order valence-electron chi connectivity index (χ4n) is 0.917. The van der Waals surface area contributed by atoms with Crippen molar-refractivity contribution in [1.29, 1.82) is 0 Å². The zero-order valence-electron chi connectivity index (χ0n) is 7.84. The van der Waals surface area contributed by atoms with Crippen molar-refractivity contribution in [3.63, 3.8) is 0 Å². The molecule has 0 heterocycles. The molecule has 0 aromatic heterocycles. The Morgan fingerprint density at radius 3 is 2.67 bits per heavy atom. The van der Waals surface area contributed by atoms with Crippen LogP contribution in [0.3, 0.4) is 0 Å². The standard InChI is InChI=1S/C10H10BrCl2NO/c11-7-5-9(13)10(6-8(7)12)15-4-2-1-3-14/h1-2,5-6H,3-4,14H2/b2-1+. The Hall–Kier alpha value is -0.220. The third-order valence-electron chi connectivity index (χ3n) is 1.61. The summed E-state index contributed by atoms with van der Waals surface area (Å²) >= 11 is 15.1. The highest BCUT2D eigenvalue weighted by molar-refractivity contribution is 9.10. The summed E-state index contributed by atoms with van der Waals surface area (Å²) in [6.07, 6.45) is 3.64. The fourth-order valence-corrected chi connectivity index (χ4v) is 1.76. The van der Waals surface area contributed by atoms with Crippen LogP contribution in [-0.2, 0) is 0 Å². The predicted molar refractivity (Wildman–Crippen MR) is 67.9 cm³/mol. The topological polar surface area (TPSA) is 35.2 Å². The van der Waals surface area contributed by atoms with E-state index < -0.39 is 0 Å². The van der Waals surface area contributed by atoms with Crippen LogP contribution in [0.4, 0.5) is 0 Å². The van der Waals surface area contributed by atoms with Gasteiger partial charge in [0.2, 0.25) is 0 Å². The van der Waals surface area contributed by atoms with Gasteiger partial charge in [-0.05, 0) is 22.0 Å². The molecule has 0 saturated heterocycles. The van der Waals surface area contributed by atoms with Crippen LogP contribution in [0.25, 0.3) is 0 Å². The predicted octanol–water partition coefficient (Wildman–Crippen LogP) is 3.65. The first-order valence-corrected chi connectivity index (χ1v) is 5.82. The van der Waals surface area contributed by atoms with E-state index in [1.54, 1.807) is 12.1 Å². The van der Waals surface area contributed by atoms with Crippen molar-refractivity contribution in [2.45, 2.75) is 0 Å². The Kier molecular flexibility index (Phi) is 5.47. The van der Waals surface area contributed by atoms with Crippen molar-refractivity contribution >= 4 is 39.1 Å². The van der Waals surface area contributed by atoms with Gasteiger partial charge >= 0.3 is 0 Å². The lowest BCUT2D eigenvalue weighted by molar-refractivity contribution is 0.363. The van der Waals surface area contributed by atoms with E-state index in [0.29, 0.717) is 28.9 Å². The van der Waals surface area contributed by atoms with Gasteiger partial charge in [-0.3, -0.25) is 0 Å². The van der Waals surface area contributed by atoms with E-state index in [2.05, 4.69) is 15.9 Å². The van der Waals surface area contributed by atoms with E-state index >= 15 is 0 Å². The average molecular weight is 311 g/mol. The molecule has 15 heavy (non-hydrogen) atoms. The van der Waals surface area contributed by atoms with Crippen molar-refractivity contribution in [1.82, 2.24) is 0 Å². The third-order valence-corrected chi connectivity index (χ3v) is 3.11. The monoisotopic (exact) mass is 309 g/mol. The summed E-state index contributed by atoms with van der Waals surface area (Å²) in [6.45, 7) is 0.924. The van der Waals surface area contributed by atoms with Gasteiger partial charge in [0.1, 0.15) is 12.4 Å². The number of ether oxygens (including phenoxy) is 1. The summed E-state index contributed by atoms with van der Waals surface area (Å²) in [4.78, 5) is 0. The average Bonchev–Trinajstić information content (AvgIpc) is 2.20. The van der Waals surface area contributed by atoms with Gasteiger partial charge in [-0.25, -0.2) is 0 Å². The van der Waals surface area contributed by atoms with Crippen molar-refractivity contribution in [3.05, 3.63) is 38.8 Å². The first kappa shape index (κ1) is 12.8. The van der Waals surface area contributed by atoms with Crippen molar-refractivity contribution in [2.24, 2.45) is 5.73 Å². The van der Waals surface area contributed by atoms with Crippen LogP contribution in [0.1, 0.15) is 0 Å². The van der Waals surface area contributed by atoms with Gasteiger partial charge in [0, 0.05) is 17.1 Å². The molecule has 0 amide bonds. The highest BCUT2D eigenvalue weighted by Crippen LogP contribution is 2.33. The van der Waals surface area contributed by atoms with Gasteiger partial charge in [-0.2, -0.15) is 0 Å². The van der Waals surface area contributed by atoms with Gasteiger partial charge in [-0.15, -0.1) is 0 Å². The lowest BCUT2D eigenvalue weighted by Gasteiger charge is -2.07. The highest BCUT2D eigenvalue weighted by atomic mass is 79.9. The largest absolute Gasteiger partial charge is 0.488 e. The van der Waals surface area contributed by atoms with E-state index in [-0.39, 0.29) is 0 Å². The van der Waals surface area contributed by atoms with Crippen LogP contribution in [0.15, 0.2) is 28.8 Å². The molecule has 0 saturated carbocycles. The van der Waals surface area contributed by atoms with Crippen LogP contribution in [-0.4, -0.2) is 13.2 Å². The molecule has 1 rings (SSSR count). The Morgan fingerprint density at radius 1 is 1.27 bits per heavy atom. The summed E-state index contributed by atoms with van der Waals surface area (Å²) in [6, 6.07) is 3.37. The van der Waals surface area contributed by atoms with Crippen LogP contribution in [0, 0.1) is 0 Å². The molecule has 0 aliphatic rings. The van der Waals surface area contributed by atoms with Crippen molar-refractivity contribution in [2.75, 3.05) is 13.2 Å². The fraction of sp³-hybridized carbons (Fsp3) is 0.200. The zero-order chi connectivity index (χ0) is 11.3. The summed E-state index contributed by atoms with van der Waals surface area (Å²) in [7, 11) is 0. The number of hydrogen-bond donors (Lipinski definition) is 1. The van der Waals surface area contributed by atoms with E-state index in [0.717, 1.165) is 4.47 Å². The third kappa shape index (κ3) is 4.03. The van der Waals surface area contributed by atoms with Crippen molar-refractivity contribution < 1.29 is 4.74 Å². The molecule has 2 N–H and O–H groups in total. The van der Waals surface area contributed by atoms with Gasteiger partial charge in [0.15, 0.2) is 0 Å². The number of halogens is 3. The molecule has 0 bridgehead atoms. The van der Waals surface area contributed by atoms with E-state index in [1.807, 2.05) is 12.2 Å². The maximum absolute atomic E-state index is 5.95. The van der Waals surface area contributed by atoms with Gasteiger partial charge in [-0.1, -0.05) is 35.4 Å². The number of nitrogens with two attached hydrogens (primary N) is 1. The molecule has 2 nitrogen and oxygen atoms in total. The Balaban J connectivity index is 2.69. The van der Waals surface area contributed by atoms with Crippen LogP contribution in [0.2, 0.25) is 10.0 Å². The second-order valence-corrected chi connectivity index (χ2v) is 4.38. The van der Waals surface area contributed by atoms with E-state index in [9.17, 15) is 0 Å². The Labute approximate surface area is 107 Å². The SMILES string of the molecule is NC/C=C/COc1cc(Cl)c(Br)cc1Cl. The second-order valence-electron chi connectivity index (χ2n) is 2.71. The molecule has 0 spiro atoms. The van der Waals surface area contributed by atoms with Gasteiger partial charge in [0.25, 0.3) is 0 Å². The first-order valence-electron chi connectivity index (χ1n) is 4.27. The molecule has 5 heteroatoms. The molecule has 0 atom stereocenters. The molecular formula is C10H10BrCl2NO. The smallest absolute Gasteiger partial charge is 0.139 e. The summed E-state index contributed by atoms with van der Waals surface area (Å²) in [5, 5.41) is 1.09. The molecule has 1 aromatic rings. The number of rotatable bonds is 4. The maximum Gasteiger partial charge on any atom is 0.139 e. The first-order chi connectivity index (χ1) is 7.15. The van der Waals surface area contributed by atoms with E-state index in [4.69, 9.17) is 33.7 Å². The number of hydrogen-bond acceptors (Lipinski definition) is 2. The molecule has 0 aliphatic carbocycles. The molecule has 0 unspecified atom stereocenters. The van der Waals surface area contributed by atoms with Gasteiger partial charge < -0.3 is 10.5 Å². The van der Waals surface area contributed by atoms with Crippen LogP contribution >= 0.6 is 39.1 Å². The number of benzene rings is 1. The quantitative estimate of drug-likeness (QED) is 0.680. The van der Waals surface area contributed by atoms with Crippen molar-refractivity contribution in [3.8, 4) is 5.75 Å². The minimum atomic E-state index is 0.425. The highest BCUT2D eigenvalue weighted by Gasteiger charge is 2.05.